The molecule has 0 radical (unpaired) electrons. The van der Waals surface area contributed by atoms with Crippen molar-refractivity contribution in [2.24, 2.45) is 35.5 Å². The third-order valence-corrected chi connectivity index (χ3v) is 14.2. The van der Waals surface area contributed by atoms with Crippen LogP contribution in [0.4, 0.5) is 0 Å². The van der Waals surface area contributed by atoms with E-state index in [1.54, 1.807) is 0 Å². The van der Waals surface area contributed by atoms with Crippen LogP contribution in [0.25, 0.3) is 68.3 Å². The van der Waals surface area contributed by atoms with Crippen LogP contribution < -0.4 is 0 Å². The van der Waals surface area contributed by atoms with Gasteiger partial charge in [0.1, 0.15) is 0 Å². The van der Waals surface area contributed by atoms with E-state index in [0.717, 1.165) is 45.2 Å². The van der Waals surface area contributed by atoms with Gasteiger partial charge in [-0.25, -0.2) is 29.9 Å². The normalized spacial score (nSPS) is 24.2. The number of hydrogen-bond acceptors (Lipinski definition) is 7. The summed E-state index contributed by atoms with van der Waals surface area (Å²) in [6.07, 6.45) is 3.69. The molecule has 60 heavy (non-hydrogen) atoms. The van der Waals surface area contributed by atoms with Gasteiger partial charge in [-0.15, -0.1) is 0 Å². The lowest BCUT2D eigenvalue weighted by molar-refractivity contribution is 0.0621. The lowest BCUT2D eigenvalue weighted by Gasteiger charge is -2.54. The van der Waals surface area contributed by atoms with E-state index in [1.165, 1.54) is 30.4 Å². The van der Waals surface area contributed by atoms with Crippen LogP contribution in [-0.4, -0.2) is 29.9 Å². The summed E-state index contributed by atoms with van der Waals surface area (Å²) < 4.78 is 0. The maximum Gasteiger partial charge on any atom is 0.164 e. The maximum absolute atomic E-state index is 10.5. The first-order valence-corrected chi connectivity index (χ1v) is 21.1. The Balaban J connectivity index is 1.12. The van der Waals surface area contributed by atoms with Gasteiger partial charge >= 0.3 is 0 Å². The highest BCUT2D eigenvalue weighted by Gasteiger charge is 2.76. The zero-order valence-corrected chi connectivity index (χ0v) is 32.8. The highest BCUT2D eigenvalue weighted by molar-refractivity contribution is 5.76. The second-order valence-electron chi connectivity index (χ2n) is 17.0. The molecule has 0 spiro atoms. The Morgan fingerprint density at radius 3 is 1.23 bits per heavy atom. The summed E-state index contributed by atoms with van der Waals surface area (Å²) in [4.78, 5) is 31.3. The number of benzene rings is 6. The van der Waals surface area contributed by atoms with Crippen LogP contribution in [0.1, 0.15) is 36.0 Å². The minimum absolute atomic E-state index is 0.401. The van der Waals surface area contributed by atoms with Crippen LogP contribution in [0, 0.1) is 46.8 Å². The van der Waals surface area contributed by atoms with E-state index < -0.39 is 5.41 Å². The number of rotatable bonds is 8. The quantitative estimate of drug-likeness (QED) is 0.151. The third kappa shape index (κ3) is 5.26. The van der Waals surface area contributed by atoms with Crippen molar-refractivity contribution >= 4 is 0 Å². The summed E-state index contributed by atoms with van der Waals surface area (Å²) in [5.74, 6) is 7.36. The van der Waals surface area contributed by atoms with E-state index in [-0.39, 0.29) is 0 Å². The second kappa shape index (κ2) is 13.7. The number of aromatic nitrogens is 6. The van der Waals surface area contributed by atoms with Crippen LogP contribution in [0.2, 0.25) is 0 Å². The van der Waals surface area contributed by atoms with Crippen LogP contribution in [0.5, 0.6) is 0 Å². The summed E-state index contributed by atoms with van der Waals surface area (Å²) in [5.41, 5.74) is 8.20. The molecule has 286 valence electrons. The van der Waals surface area contributed by atoms with Gasteiger partial charge in [-0.1, -0.05) is 152 Å². The highest BCUT2D eigenvalue weighted by atomic mass is 15.0. The van der Waals surface area contributed by atoms with E-state index in [9.17, 15) is 5.26 Å². The molecule has 8 aromatic rings. The standard InChI is InChI=1S/C53H39N7/c54-31-32-25-26-42(40(27-32)52-59-49(35-19-9-3-10-20-35)56-50(60-52)36-21-11-4-12-22-36)53(43-29-37-28-38-30-44(53)46(38)45(37)43)41-24-14-13-23-39(41)51-57-47(33-15-5-1-6-16-33)55-48(58-51)34-17-7-2-8-18-34/h1-27,37-38,43-46H,28-30H2/t37?,38?,43?,44?,45-,46?,53?/m0/s1. The molecule has 7 nitrogen and oxygen atoms in total. The maximum atomic E-state index is 10.5. The predicted molar refractivity (Wildman–Crippen MR) is 233 cm³/mol. The van der Waals surface area contributed by atoms with Gasteiger partial charge in [0, 0.05) is 38.8 Å². The Morgan fingerprint density at radius 2 is 0.783 bits per heavy atom. The summed E-state index contributed by atoms with van der Waals surface area (Å²) in [7, 11) is 0. The van der Waals surface area contributed by atoms with Crippen molar-refractivity contribution in [3.05, 3.63) is 180 Å². The zero-order valence-electron chi connectivity index (χ0n) is 32.8. The molecule has 0 aliphatic heterocycles. The molecule has 6 aromatic carbocycles. The molecule has 2 aromatic heterocycles. The Bertz CT molecular complexity index is 2830. The molecule has 0 amide bonds. The molecule has 4 saturated carbocycles. The van der Waals surface area contributed by atoms with Crippen molar-refractivity contribution in [2.75, 3.05) is 0 Å². The van der Waals surface area contributed by atoms with Crippen molar-refractivity contribution in [1.29, 1.82) is 5.26 Å². The smallest absolute Gasteiger partial charge is 0.164 e. The van der Waals surface area contributed by atoms with Gasteiger partial charge in [0.2, 0.25) is 0 Å². The Kier molecular flexibility index (Phi) is 7.96. The van der Waals surface area contributed by atoms with Crippen LogP contribution in [0.3, 0.4) is 0 Å². The van der Waals surface area contributed by atoms with Crippen molar-refractivity contribution < 1.29 is 0 Å². The zero-order chi connectivity index (χ0) is 39.8. The Hall–Kier alpha value is -7.17. The Morgan fingerprint density at radius 1 is 0.400 bits per heavy atom. The fraction of sp³-hybridized carbons (Fsp3) is 0.189. The van der Waals surface area contributed by atoms with Crippen molar-refractivity contribution in [2.45, 2.75) is 24.7 Å². The summed E-state index contributed by atoms with van der Waals surface area (Å²) in [6, 6.07) is 58.2. The molecule has 7 heteroatoms. The molecule has 4 aliphatic carbocycles. The topological polar surface area (TPSA) is 101 Å². The molecule has 0 N–H and O–H groups in total. The number of nitriles is 1. The van der Waals surface area contributed by atoms with Crippen LogP contribution in [-0.2, 0) is 5.41 Å². The monoisotopic (exact) mass is 773 g/mol. The first-order chi connectivity index (χ1) is 29.7. The molecule has 0 bridgehead atoms. The van der Waals surface area contributed by atoms with Gasteiger partial charge in [0.25, 0.3) is 0 Å². The summed E-state index contributed by atoms with van der Waals surface area (Å²) >= 11 is 0. The molecular formula is C53H39N7. The van der Waals surface area contributed by atoms with Crippen molar-refractivity contribution in [3.8, 4) is 74.4 Å². The molecule has 7 atom stereocenters. The van der Waals surface area contributed by atoms with Gasteiger partial charge in [-0.05, 0) is 78.0 Å². The third-order valence-electron chi connectivity index (χ3n) is 14.2. The second-order valence-corrected chi connectivity index (χ2v) is 17.0. The number of hydrogen-bond donors (Lipinski definition) is 0. The van der Waals surface area contributed by atoms with Gasteiger partial charge < -0.3 is 0 Å². The van der Waals surface area contributed by atoms with E-state index >= 15 is 0 Å². The van der Waals surface area contributed by atoms with Crippen LogP contribution >= 0.6 is 0 Å². The summed E-state index contributed by atoms with van der Waals surface area (Å²) in [6.45, 7) is 0. The first kappa shape index (κ1) is 34.8. The molecule has 6 unspecified atom stereocenters. The molecular weight excluding hydrogens is 735 g/mol. The first-order valence-electron chi connectivity index (χ1n) is 21.1. The predicted octanol–water partition coefficient (Wildman–Crippen LogP) is 11.1. The van der Waals surface area contributed by atoms with Gasteiger partial charge in [-0.3, -0.25) is 0 Å². The van der Waals surface area contributed by atoms with E-state index in [1.807, 2.05) is 109 Å². The molecule has 12 rings (SSSR count). The molecule has 2 heterocycles. The SMILES string of the molecule is N#Cc1ccc(C2(c3ccccc3-c3nc(-c4ccccc4)nc(-c4ccccc4)n3)C3CC4CC5CC2[C@H]5C43)c(-c2nc(-c3ccccc3)nc(-c3ccccc3)n2)c1. The van der Waals surface area contributed by atoms with Crippen LogP contribution in [0.15, 0.2) is 164 Å². The summed E-state index contributed by atoms with van der Waals surface area (Å²) in [5, 5.41) is 10.5. The average Bonchev–Trinajstić information content (AvgIpc) is 3.63. The van der Waals surface area contributed by atoms with Gasteiger partial charge in [0.05, 0.1) is 11.6 Å². The lowest BCUT2D eigenvalue weighted by atomic mass is 9.49. The molecule has 4 aliphatic rings. The van der Waals surface area contributed by atoms with Gasteiger partial charge in [0.15, 0.2) is 34.9 Å². The Labute approximate surface area is 349 Å². The van der Waals surface area contributed by atoms with Crippen molar-refractivity contribution in [3.63, 3.8) is 0 Å². The largest absolute Gasteiger partial charge is 0.208 e. The fourth-order valence-corrected chi connectivity index (χ4v) is 11.9. The van der Waals surface area contributed by atoms with E-state index in [4.69, 9.17) is 29.9 Å². The van der Waals surface area contributed by atoms with E-state index in [2.05, 4.69) is 60.7 Å². The van der Waals surface area contributed by atoms with Crippen molar-refractivity contribution in [1.82, 2.24) is 29.9 Å². The lowest BCUT2D eigenvalue weighted by Crippen LogP contribution is -2.50. The fourth-order valence-electron chi connectivity index (χ4n) is 11.9. The molecule has 4 fully saturated rings. The number of nitrogens with zero attached hydrogens (tertiary/aromatic N) is 7. The van der Waals surface area contributed by atoms with Gasteiger partial charge in [-0.2, -0.15) is 5.26 Å². The average molecular weight is 774 g/mol. The minimum Gasteiger partial charge on any atom is -0.208 e. The highest BCUT2D eigenvalue weighted by Crippen LogP contribution is 2.81. The minimum atomic E-state index is -0.401. The molecule has 0 saturated heterocycles. The van der Waals surface area contributed by atoms with E-state index in [0.29, 0.717) is 64.2 Å².